The van der Waals surface area contributed by atoms with Gasteiger partial charge in [0.1, 0.15) is 13.2 Å². The highest BCUT2D eigenvalue weighted by molar-refractivity contribution is 5.71. The first kappa shape index (κ1) is 78.4. The van der Waals surface area contributed by atoms with Crippen LogP contribution in [0.25, 0.3) is 0 Å². The van der Waals surface area contributed by atoms with Gasteiger partial charge >= 0.3 is 17.9 Å². The molecule has 6 nitrogen and oxygen atoms in total. The maximum atomic E-state index is 12.9. The molecular weight excluding hydrogens is 997 g/mol. The first-order chi connectivity index (χ1) is 40.0. The Morgan fingerprint density at radius 1 is 0.247 bits per heavy atom. The van der Waals surface area contributed by atoms with Gasteiger partial charge in [-0.2, -0.15) is 0 Å². The summed E-state index contributed by atoms with van der Waals surface area (Å²) in [6.45, 7) is 6.62. The molecule has 474 valence electrons. The largest absolute Gasteiger partial charge is 0.462 e. The van der Waals surface area contributed by atoms with Crippen molar-refractivity contribution in [3.8, 4) is 0 Å². The van der Waals surface area contributed by atoms with Gasteiger partial charge in [-0.3, -0.25) is 14.4 Å². The lowest BCUT2D eigenvalue weighted by Crippen LogP contribution is -2.30. The molecule has 0 rings (SSSR count). The van der Waals surface area contributed by atoms with Crippen molar-refractivity contribution >= 4 is 17.9 Å². The van der Waals surface area contributed by atoms with Crippen molar-refractivity contribution in [2.45, 2.75) is 399 Å². The topological polar surface area (TPSA) is 78.9 Å². The van der Waals surface area contributed by atoms with Gasteiger partial charge in [-0.25, -0.2) is 0 Å². The van der Waals surface area contributed by atoms with Gasteiger partial charge in [-0.15, -0.1) is 0 Å². The molecule has 1 atom stereocenters. The number of hydrogen-bond donors (Lipinski definition) is 0. The zero-order valence-corrected chi connectivity index (χ0v) is 54.6. The molecule has 0 aliphatic heterocycles. The van der Waals surface area contributed by atoms with E-state index in [4.69, 9.17) is 14.2 Å². The van der Waals surface area contributed by atoms with Crippen LogP contribution in [0.2, 0.25) is 0 Å². The van der Waals surface area contributed by atoms with Crippen LogP contribution in [-0.4, -0.2) is 37.2 Å². The van der Waals surface area contributed by atoms with Crippen LogP contribution in [0.1, 0.15) is 393 Å². The Bertz CT molecular complexity index is 1400. The lowest BCUT2D eigenvalue weighted by molar-refractivity contribution is -0.167. The Morgan fingerprint density at radius 2 is 0.469 bits per heavy atom. The molecule has 0 aliphatic rings. The Hall–Kier alpha value is -2.63. The monoisotopic (exact) mass is 1140 g/mol. The molecule has 0 aromatic heterocycles. The molecule has 0 spiro atoms. The predicted molar refractivity (Wildman–Crippen MR) is 353 cm³/mol. The molecule has 0 aromatic rings. The number of rotatable bonds is 67. The number of esters is 3. The fraction of sp³-hybridized carbons (Fsp3) is 0.853. The summed E-state index contributed by atoms with van der Waals surface area (Å²) in [6.07, 6.45) is 88.8. The van der Waals surface area contributed by atoms with E-state index in [9.17, 15) is 14.4 Å². The summed E-state index contributed by atoms with van der Waals surface area (Å²) in [7, 11) is 0. The second kappa shape index (κ2) is 69.9. The molecule has 0 fully saturated rings. The van der Waals surface area contributed by atoms with E-state index in [2.05, 4.69) is 69.4 Å². The maximum Gasteiger partial charge on any atom is 0.306 e. The van der Waals surface area contributed by atoms with Gasteiger partial charge in [0, 0.05) is 19.3 Å². The minimum absolute atomic E-state index is 0.0717. The normalized spacial score (nSPS) is 12.3. The van der Waals surface area contributed by atoms with Crippen molar-refractivity contribution in [2.24, 2.45) is 0 Å². The van der Waals surface area contributed by atoms with Crippen LogP contribution >= 0.6 is 0 Å². The minimum Gasteiger partial charge on any atom is -0.462 e. The summed E-state index contributed by atoms with van der Waals surface area (Å²) in [5, 5.41) is 0. The first-order valence-corrected chi connectivity index (χ1v) is 36.1. The summed E-state index contributed by atoms with van der Waals surface area (Å²) in [5.74, 6) is -0.860. The molecule has 0 aliphatic carbocycles. The zero-order chi connectivity index (χ0) is 58.5. The Labute approximate surface area is 505 Å². The zero-order valence-electron chi connectivity index (χ0n) is 54.6. The predicted octanol–water partition coefficient (Wildman–Crippen LogP) is 24.9. The molecule has 0 bridgehead atoms. The van der Waals surface area contributed by atoms with Crippen molar-refractivity contribution in [1.29, 1.82) is 0 Å². The van der Waals surface area contributed by atoms with Crippen molar-refractivity contribution in [3.63, 3.8) is 0 Å². The van der Waals surface area contributed by atoms with E-state index in [0.29, 0.717) is 19.3 Å². The summed E-state index contributed by atoms with van der Waals surface area (Å²) in [5.41, 5.74) is 0. The fourth-order valence-electron chi connectivity index (χ4n) is 10.9. The van der Waals surface area contributed by atoms with E-state index >= 15 is 0 Å². The average molecular weight is 1140 g/mol. The maximum absolute atomic E-state index is 12.9. The van der Waals surface area contributed by atoms with Crippen molar-refractivity contribution in [2.75, 3.05) is 13.2 Å². The lowest BCUT2D eigenvalue weighted by atomic mass is 10.0. The van der Waals surface area contributed by atoms with Crippen LogP contribution in [0, 0.1) is 0 Å². The molecule has 0 saturated heterocycles. The van der Waals surface area contributed by atoms with Crippen LogP contribution in [0.3, 0.4) is 0 Å². The molecule has 0 saturated carbocycles. The molecule has 0 radical (unpaired) electrons. The van der Waals surface area contributed by atoms with Gasteiger partial charge < -0.3 is 14.2 Å². The van der Waals surface area contributed by atoms with Gasteiger partial charge in [0.05, 0.1) is 0 Å². The van der Waals surface area contributed by atoms with Crippen LogP contribution in [0.4, 0.5) is 0 Å². The number of ether oxygens (including phenoxy) is 3. The minimum atomic E-state index is -0.775. The third kappa shape index (κ3) is 68.0. The summed E-state index contributed by atoms with van der Waals surface area (Å²) in [6, 6.07) is 0. The lowest BCUT2D eigenvalue weighted by Gasteiger charge is -2.18. The molecule has 0 heterocycles. The smallest absolute Gasteiger partial charge is 0.306 e. The number of carbonyl (C=O) groups excluding carboxylic acids is 3. The SMILES string of the molecule is CCC/C=C\C/C=C\CCCCCCCC(=O)OCC(COC(=O)CCCCCCCCCCCCCCCCCCCCCCCCC/C=C\C/C=C\CCCCCCC)OC(=O)CCCCCCCCCCCCCCCCC. The quantitative estimate of drug-likeness (QED) is 0.0261. The molecule has 81 heavy (non-hydrogen) atoms. The van der Waals surface area contributed by atoms with Crippen LogP contribution < -0.4 is 0 Å². The summed E-state index contributed by atoms with van der Waals surface area (Å²) in [4.78, 5) is 38.3. The third-order valence-corrected chi connectivity index (χ3v) is 16.3. The van der Waals surface area contributed by atoms with Gasteiger partial charge in [-0.1, -0.05) is 345 Å². The Morgan fingerprint density at radius 3 is 0.728 bits per heavy atom. The van der Waals surface area contributed by atoms with E-state index in [0.717, 1.165) is 89.9 Å². The number of unbranched alkanes of at least 4 members (excludes halogenated alkanes) is 48. The highest BCUT2D eigenvalue weighted by atomic mass is 16.6. The van der Waals surface area contributed by atoms with E-state index in [1.54, 1.807) is 0 Å². The number of hydrogen-bond acceptors (Lipinski definition) is 6. The standard InChI is InChI=1S/C75H138O6/c1-4-7-10-13-16-19-22-25-27-28-29-30-31-32-33-34-35-36-37-38-39-40-41-42-43-44-45-46-48-50-53-56-59-62-65-68-74(77)80-71-72(70-79-73(76)67-64-61-58-55-52-49-24-21-18-15-12-9-6-3)81-75(78)69-66-63-60-57-54-51-47-26-23-20-17-14-11-8-5-2/h12,15,21-22,24-25,28-29,72H,4-11,13-14,16-20,23,26-27,30-71H2,1-3H3/b15-12-,24-21-,25-22-,29-28-. The number of allylic oxidation sites excluding steroid dienone is 8. The second-order valence-electron chi connectivity index (χ2n) is 24.5. The van der Waals surface area contributed by atoms with Gasteiger partial charge in [0.2, 0.25) is 0 Å². The number of carbonyl (C=O) groups is 3. The van der Waals surface area contributed by atoms with E-state index in [-0.39, 0.29) is 31.1 Å². The van der Waals surface area contributed by atoms with E-state index in [1.165, 1.54) is 263 Å². The van der Waals surface area contributed by atoms with E-state index in [1.807, 2.05) is 0 Å². The molecule has 1 unspecified atom stereocenters. The van der Waals surface area contributed by atoms with E-state index < -0.39 is 6.10 Å². The van der Waals surface area contributed by atoms with Crippen LogP contribution in [0.5, 0.6) is 0 Å². The second-order valence-corrected chi connectivity index (χ2v) is 24.5. The molecule has 6 heteroatoms. The fourth-order valence-corrected chi connectivity index (χ4v) is 10.9. The molecule has 0 N–H and O–H groups in total. The van der Waals surface area contributed by atoms with Crippen molar-refractivity contribution in [3.05, 3.63) is 48.6 Å². The first-order valence-electron chi connectivity index (χ1n) is 36.1. The van der Waals surface area contributed by atoms with Gasteiger partial charge in [-0.05, 0) is 77.0 Å². The van der Waals surface area contributed by atoms with Crippen molar-refractivity contribution < 1.29 is 28.6 Å². The van der Waals surface area contributed by atoms with Gasteiger partial charge in [0.15, 0.2) is 6.10 Å². The van der Waals surface area contributed by atoms with Gasteiger partial charge in [0.25, 0.3) is 0 Å². The average Bonchev–Trinajstić information content (AvgIpc) is 3.46. The Kier molecular flexibility index (Phi) is 67.6. The highest BCUT2D eigenvalue weighted by Gasteiger charge is 2.19. The molecular formula is C75H138O6. The molecule has 0 aromatic carbocycles. The molecule has 0 amide bonds. The highest BCUT2D eigenvalue weighted by Crippen LogP contribution is 2.19. The van der Waals surface area contributed by atoms with Crippen LogP contribution in [-0.2, 0) is 28.6 Å². The van der Waals surface area contributed by atoms with Crippen molar-refractivity contribution in [1.82, 2.24) is 0 Å². The Balaban J connectivity index is 4.05. The van der Waals surface area contributed by atoms with Crippen LogP contribution in [0.15, 0.2) is 48.6 Å². The summed E-state index contributed by atoms with van der Waals surface area (Å²) < 4.78 is 16.9. The third-order valence-electron chi connectivity index (χ3n) is 16.3. The summed E-state index contributed by atoms with van der Waals surface area (Å²) >= 11 is 0.